The Morgan fingerprint density at radius 1 is 1.38 bits per heavy atom. The first kappa shape index (κ1) is 13.3. The topological polar surface area (TPSA) is 25.2 Å². The molecule has 1 rings (SSSR count). The summed E-state index contributed by atoms with van der Waals surface area (Å²) in [5.41, 5.74) is 1.68. The summed E-state index contributed by atoms with van der Waals surface area (Å²) < 4.78 is 5.38. The summed E-state index contributed by atoms with van der Waals surface area (Å²) in [5.74, 6) is 0.994. The van der Waals surface area contributed by atoms with E-state index in [9.17, 15) is 0 Å². The summed E-state index contributed by atoms with van der Waals surface area (Å²) in [5, 5.41) is 3.52. The van der Waals surface area contributed by atoms with Crippen molar-refractivity contribution in [3.63, 3.8) is 0 Å². The van der Waals surface area contributed by atoms with Gasteiger partial charge < -0.3 is 9.73 Å². The Kier molecular flexibility index (Phi) is 4.60. The van der Waals surface area contributed by atoms with Gasteiger partial charge in [0.2, 0.25) is 0 Å². The second-order valence-corrected chi connectivity index (χ2v) is 5.70. The molecule has 1 atom stereocenters. The lowest BCUT2D eigenvalue weighted by atomic mass is 9.87. The van der Waals surface area contributed by atoms with Crippen molar-refractivity contribution in [3.05, 3.63) is 23.7 Å². The standard InChI is InChI=1S/C14H25NO/c1-6-15-13(7-8-14(3,4)5)12-9-11(2)16-10-12/h9-10,13,15H,6-8H2,1-5H3. The van der Waals surface area contributed by atoms with E-state index in [0.29, 0.717) is 11.5 Å². The molecule has 0 aliphatic rings. The molecular weight excluding hydrogens is 198 g/mol. The zero-order valence-corrected chi connectivity index (χ0v) is 11.3. The van der Waals surface area contributed by atoms with Gasteiger partial charge in [0.05, 0.1) is 6.26 Å². The van der Waals surface area contributed by atoms with Crippen LogP contribution in [0.5, 0.6) is 0 Å². The number of rotatable bonds is 5. The summed E-state index contributed by atoms with van der Waals surface area (Å²) in [6, 6.07) is 2.57. The summed E-state index contributed by atoms with van der Waals surface area (Å²) >= 11 is 0. The van der Waals surface area contributed by atoms with Crippen molar-refractivity contribution in [1.82, 2.24) is 5.32 Å². The number of aryl methyl sites for hydroxylation is 1. The first-order chi connectivity index (χ1) is 7.42. The molecule has 0 aliphatic carbocycles. The number of hydrogen-bond acceptors (Lipinski definition) is 2. The van der Waals surface area contributed by atoms with Crippen molar-refractivity contribution in [3.8, 4) is 0 Å². The predicted octanol–water partition coefficient (Wildman–Crippen LogP) is 4.06. The normalized spacial score (nSPS) is 14.1. The van der Waals surface area contributed by atoms with Crippen LogP contribution in [0.15, 0.2) is 16.7 Å². The van der Waals surface area contributed by atoms with E-state index in [4.69, 9.17) is 4.42 Å². The molecule has 1 heterocycles. The van der Waals surface area contributed by atoms with Crippen molar-refractivity contribution in [2.24, 2.45) is 5.41 Å². The lowest BCUT2D eigenvalue weighted by Crippen LogP contribution is -2.22. The third kappa shape index (κ3) is 4.40. The van der Waals surface area contributed by atoms with Crippen molar-refractivity contribution in [2.45, 2.75) is 53.5 Å². The second-order valence-electron chi connectivity index (χ2n) is 5.70. The summed E-state index contributed by atoms with van der Waals surface area (Å²) in [4.78, 5) is 0. The van der Waals surface area contributed by atoms with Crippen molar-refractivity contribution < 1.29 is 4.42 Å². The van der Waals surface area contributed by atoms with Crippen LogP contribution in [0.4, 0.5) is 0 Å². The molecule has 1 unspecified atom stereocenters. The Morgan fingerprint density at radius 2 is 2.06 bits per heavy atom. The fraction of sp³-hybridized carbons (Fsp3) is 0.714. The largest absolute Gasteiger partial charge is 0.469 e. The zero-order chi connectivity index (χ0) is 12.2. The molecule has 0 fully saturated rings. The maximum Gasteiger partial charge on any atom is 0.101 e. The van der Waals surface area contributed by atoms with Gasteiger partial charge in [-0.3, -0.25) is 0 Å². The Balaban J connectivity index is 2.61. The van der Waals surface area contributed by atoms with Gasteiger partial charge in [-0.1, -0.05) is 27.7 Å². The number of furan rings is 1. The molecule has 0 aromatic carbocycles. The second kappa shape index (κ2) is 5.53. The molecule has 16 heavy (non-hydrogen) atoms. The Labute approximate surface area is 99.4 Å². The summed E-state index contributed by atoms with van der Waals surface area (Å²) in [6.45, 7) is 12.0. The number of nitrogens with one attached hydrogen (secondary N) is 1. The number of hydrogen-bond donors (Lipinski definition) is 1. The Bertz CT molecular complexity index is 309. The van der Waals surface area contributed by atoms with Crippen molar-refractivity contribution >= 4 is 0 Å². The predicted molar refractivity (Wildman–Crippen MR) is 68.6 cm³/mol. The minimum atomic E-state index is 0.395. The monoisotopic (exact) mass is 223 g/mol. The third-order valence-corrected chi connectivity index (χ3v) is 2.79. The van der Waals surface area contributed by atoms with Gasteiger partial charge in [0.15, 0.2) is 0 Å². The molecule has 0 spiro atoms. The van der Waals surface area contributed by atoms with Crippen LogP contribution in [0.1, 0.15) is 57.9 Å². The molecule has 0 saturated carbocycles. The van der Waals surface area contributed by atoms with E-state index in [1.54, 1.807) is 0 Å². The Hall–Kier alpha value is -0.760. The molecular formula is C14H25NO. The average Bonchev–Trinajstić information content (AvgIpc) is 2.57. The van der Waals surface area contributed by atoms with E-state index in [0.717, 1.165) is 18.7 Å². The maximum absolute atomic E-state index is 5.38. The molecule has 0 amide bonds. The highest BCUT2D eigenvalue weighted by atomic mass is 16.3. The van der Waals surface area contributed by atoms with Gasteiger partial charge in [-0.05, 0) is 37.8 Å². The quantitative estimate of drug-likeness (QED) is 0.814. The minimum Gasteiger partial charge on any atom is -0.469 e. The highest BCUT2D eigenvalue weighted by molar-refractivity contribution is 5.16. The highest BCUT2D eigenvalue weighted by Gasteiger charge is 2.17. The van der Waals surface area contributed by atoms with E-state index >= 15 is 0 Å². The van der Waals surface area contributed by atoms with E-state index < -0.39 is 0 Å². The lowest BCUT2D eigenvalue weighted by Gasteiger charge is -2.23. The summed E-state index contributed by atoms with van der Waals surface area (Å²) in [7, 11) is 0. The fourth-order valence-electron chi connectivity index (χ4n) is 1.86. The van der Waals surface area contributed by atoms with Gasteiger partial charge in [0.1, 0.15) is 5.76 Å². The summed E-state index contributed by atoms with van der Waals surface area (Å²) in [6.07, 6.45) is 4.26. The van der Waals surface area contributed by atoms with Crippen LogP contribution in [0, 0.1) is 12.3 Å². The molecule has 2 heteroatoms. The zero-order valence-electron chi connectivity index (χ0n) is 11.3. The third-order valence-electron chi connectivity index (χ3n) is 2.79. The maximum atomic E-state index is 5.38. The molecule has 0 bridgehead atoms. The average molecular weight is 223 g/mol. The van der Waals surface area contributed by atoms with Crippen molar-refractivity contribution in [2.75, 3.05) is 6.54 Å². The van der Waals surface area contributed by atoms with Gasteiger partial charge in [-0.2, -0.15) is 0 Å². The van der Waals surface area contributed by atoms with Crippen LogP contribution >= 0.6 is 0 Å². The van der Waals surface area contributed by atoms with Crippen LogP contribution in [0.25, 0.3) is 0 Å². The molecule has 0 saturated heterocycles. The molecule has 2 nitrogen and oxygen atoms in total. The smallest absolute Gasteiger partial charge is 0.101 e. The molecule has 0 aliphatic heterocycles. The van der Waals surface area contributed by atoms with Crippen LogP contribution in [-0.4, -0.2) is 6.54 Å². The highest BCUT2D eigenvalue weighted by Crippen LogP contribution is 2.28. The van der Waals surface area contributed by atoms with Crippen LogP contribution in [0.2, 0.25) is 0 Å². The molecule has 0 radical (unpaired) electrons. The van der Waals surface area contributed by atoms with E-state index in [1.165, 1.54) is 12.0 Å². The van der Waals surface area contributed by atoms with Gasteiger partial charge in [-0.25, -0.2) is 0 Å². The fourth-order valence-corrected chi connectivity index (χ4v) is 1.86. The molecule has 92 valence electrons. The van der Waals surface area contributed by atoms with Gasteiger partial charge in [0.25, 0.3) is 0 Å². The minimum absolute atomic E-state index is 0.395. The SMILES string of the molecule is CCNC(CCC(C)(C)C)c1coc(C)c1. The van der Waals surface area contributed by atoms with Crippen LogP contribution in [-0.2, 0) is 0 Å². The van der Waals surface area contributed by atoms with Crippen LogP contribution in [0.3, 0.4) is 0 Å². The molecule has 1 aromatic heterocycles. The Morgan fingerprint density at radius 3 is 2.50 bits per heavy atom. The first-order valence-corrected chi connectivity index (χ1v) is 6.21. The van der Waals surface area contributed by atoms with E-state index in [2.05, 4.69) is 39.1 Å². The lowest BCUT2D eigenvalue weighted by molar-refractivity contribution is 0.333. The molecule has 1 aromatic rings. The van der Waals surface area contributed by atoms with E-state index in [-0.39, 0.29) is 0 Å². The first-order valence-electron chi connectivity index (χ1n) is 6.21. The van der Waals surface area contributed by atoms with Gasteiger partial charge >= 0.3 is 0 Å². The molecule has 1 N–H and O–H groups in total. The van der Waals surface area contributed by atoms with Gasteiger partial charge in [0, 0.05) is 11.6 Å². The van der Waals surface area contributed by atoms with Crippen molar-refractivity contribution in [1.29, 1.82) is 0 Å². The van der Waals surface area contributed by atoms with Gasteiger partial charge in [-0.15, -0.1) is 0 Å². The van der Waals surface area contributed by atoms with E-state index in [1.807, 2.05) is 13.2 Å². The van der Waals surface area contributed by atoms with Crippen LogP contribution < -0.4 is 5.32 Å².